The maximum atomic E-state index is 2.46. The molecular formula is C52H30S. The number of hydrogen-bond donors (Lipinski definition) is 0. The number of rotatable bonds is 2. The van der Waals surface area contributed by atoms with Gasteiger partial charge in [0, 0.05) is 15.2 Å². The van der Waals surface area contributed by atoms with Crippen LogP contribution in [0.2, 0.25) is 0 Å². The molecule has 0 N–H and O–H groups in total. The Labute approximate surface area is 310 Å². The van der Waals surface area contributed by atoms with Crippen LogP contribution in [-0.4, -0.2) is 0 Å². The molecule has 0 aliphatic carbocycles. The van der Waals surface area contributed by atoms with Crippen molar-refractivity contribution in [3.63, 3.8) is 0 Å². The van der Waals surface area contributed by atoms with Crippen molar-refractivity contribution < 1.29 is 0 Å². The van der Waals surface area contributed by atoms with E-state index in [1.165, 1.54) is 119 Å². The molecular weight excluding hydrogens is 657 g/mol. The van der Waals surface area contributed by atoms with Crippen molar-refractivity contribution in [1.82, 2.24) is 0 Å². The average Bonchev–Trinajstić information content (AvgIpc) is 3.22. The largest absolute Gasteiger partial charge is 0.0888 e. The van der Waals surface area contributed by atoms with E-state index < -0.39 is 0 Å². The first-order valence-corrected chi connectivity index (χ1v) is 19.2. The normalized spacial score (nSPS) is 12.5. The summed E-state index contributed by atoms with van der Waals surface area (Å²) >= 11 is 1.90. The summed E-state index contributed by atoms with van der Waals surface area (Å²) in [6, 6.07) is 68.1. The maximum Gasteiger partial charge on any atom is 0.0207 e. The zero-order valence-electron chi connectivity index (χ0n) is 28.7. The molecule has 0 fully saturated rings. The molecule has 244 valence electrons. The van der Waals surface area contributed by atoms with Crippen LogP contribution in [0.15, 0.2) is 192 Å². The topological polar surface area (TPSA) is 0 Å². The molecule has 0 unspecified atom stereocenters. The summed E-state index contributed by atoms with van der Waals surface area (Å²) in [6.07, 6.45) is 0. The molecule has 0 radical (unpaired) electrons. The first kappa shape index (κ1) is 29.2. The molecule has 0 spiro atoms. The van der Waals surface area contributed by atoms with Crippen LogP contribution in [0.3, 0.4) is 0 Å². The van der Waals surface area contributed by atoms with E-state index in [0.717, 1.165) is 0 Å². The van der Waals surface area contributed by atoms with Gasteiger partial charge in [0.2, 0.25) is 0 Å². The van der Waals surface area contributed by atoms with Crippen molar-refractivity contribution >= 4 is 87.2 Å². The molecule has 1 heteroatoms. The van der Waals surface area contributed by atoms with Crippen molar-refractivity contribution in [1.29, 1.82) is 0 Å². The first-order chi connectivity index (χ1) is 26.3. The average molecular weight is 687 g/mol. The summed E-state index contributed by atoms with van der Waals surface area (Å²) in [6.45, 7) is 0. The van der Waals surface area contributed by atoms with Gasteiger partial charge in [0.15, 0.2) is 0 Å². The fourth-order valence-electron chi connectivity index (χ4n) is 9.25. The summed E-state index contributed by atoms with van der Waals surface area (Å²) in [5, 5.41) is 18.1. The minimum absolute atomic E-state index is 1.25. The van der Waals surface area contributed by atoms with Crippen LogP contribution in [0.25, 0.3) is 109 Å². The second kappa shape index (κ2) is 11.0. The monoisotopic (exact) mass is 686 g/mol. The lowest BCUT2D eigenvalue weighted by Crippen LogP contribution is -1.96. The van der Waals surface area contributed by atoms with Gasteiger partial charge in [0.25, 0.3) is 0 Å². The van der Waals surface area contributed by atoms with Crippen LogP contribution in [0.1, 0.15) is 0 Å². The Balaban J connectivity index is 1.13. The van der Waals surface area contributed by atoms with Crippen molar-refractivity contribution in [2.45, 2.75) is 9.79 Å². The van der Waals surface area contributed by atoms with Gasteiger partial charge in [-0.05, 0) is 134 Å². The summed E-state index contributed by atoms with van der Waals surface area (Å²) in [4.78, 5) is 2.62. The van der Waals surface area contributed by atoms with E-state index in [2.05, 4.69) is 182 Å². The molecule has 0 nitrogen and oxygen atoms in total. The fraction of sp³-hybridized carbons (Fsp3) is 0. The Morgan fingerprint density at radius 1 is 0.264 bits per heavy atom. The molecule has 0 saturated heterocycles. The third-order valence-corrected chi connectivity index (χ3v) is 12.7. The minimum Gasteiger partial charge on any atom is -0.0888 e. The third kappa shape index (κ3) is 4.20. The number of benzene rings is 11. The quantitative estimate of drug-likeness (QED) is 0.129. The minimum atomic E-state index is 1.25. The van der Waals surface area contributed by atoms with E-state index >= 15 is 0 Å². The Bertz CT molecular complexity index is 3370. The van der Waals surface area contributed by atoms with Gasteiger partial charge in [0.05, 0.1) is 0 Å². The molecule has 0 amide bonds. The first-order valence-electron chi connectivity index (χ1n) is 18.3. The predicted molar refractivity (Wildman–Crippen MR) is 229 cm³/mol. The van der Waals surface area contributed by atoms with Gasteiger partial charge in [0.1, 0.15) is 0 Å². The van der Waals surface area contributed by atoms with Crippen LogP contribution >= 0.6 is 11.8 Å². The maximum absolute atomic E-state index is 2.46. The summed E-state index contributed by atoms with van der Waals surface area (Å²) in [5.74, 6) is 0. The van der Waals surface area contributed by atoms with Gasteiger partial charge in [-0.2, -0.15) is 0 Å². The zero-order valence-corrected chi connectivity index (χ0v) is 29.5. The molecule has 12 rings (SSSR count). The van der Waals surface area contributed by atoms with Crippen molar-refractivity contribution in [2.75, 3.05) is 0 Å². The highest BCUT2D eigenvalue weighted by Gasteiger charge is 2.24. The summed E-state index contributed by atoms with van der Waals surface area (Å²) < 4.78 is 0. The van der Waals surface area contributed by atoms with Crippen LogP contribution in [0, 0.1) is 0 Å². The van der Waals surface area contributed by atoms with Crippen molar-refractivity contribution in [3.05, 3.63) is 182 Å². The predicted octanol–water partition coefficient (Wildman–Crippen LogP) is 15.2. The lowest BCUT2D eigenvalue weighted by molar-refractivity contribution is 1.40. The smallest absolute Gasteiger partial charge is 0.0207 e. The summed E-state index contributed by atoms with van der Waals surface area (Å²) in [7, 11) is 0. The number of fused-ring (bicyclic) bond motifs is 10. The highest BCUT2D eigenvalue weighted by atomic mass is 32.2. The molecule has 0 saturated carbocycles. The van der Waals surface area contributed by atoms with E-state index in [9.17, 15) is 0 Å². The van der Waals surface area contributed by atoms with Crippen LogP contribution in [0.5, 0.6) is 0 Å². The molecule has 11 aromatic carbocycles. The molecule has 0 atom stereocenters. The van der Waals surface area contributed by atoms with Gasteiger partial charge in [-0.3, -0.25) is 0 Å². The van der Waals surface area contributed by atoms with E-state index in [1.807, 2.05) is 11.8 Å². The second-order valence-electron chi connectivity index (χ2n) is 14.4. The highest BCUT2D eigenvalue weighted by molar-refractivity contribution is 7.99. The van der Waals surface area contributed by atoms with E-state index in [4.69, 9.17) is 0 Å². The van der Waals surface area contributed by atoms with Crippen LogP contribution in [-0.2, 0) is 0 Å². The molecule has 1 aliphatic rings. The van der Waals surface area contributed by atoms with E-state index in [-0.39, 0.29) is 0 Å². The molecule has 53 heavy (non-hydrogen) atoms. The standard InChI is InChI=1S/C52H30S/c1-5-14-36-31(10-1)20-23-43-45(36)28-33-12-3-7-16-38(33)50(43)35-22-26-48-47(30-35)41-19-9-18-40-42(25-27-49(53-48)52(40)41)51-39-17-8-4-13-34(39)29-46-37-15-6-2-11-32(37)21-24-44(46)51/h1-30H. The third-order valence-electron chi connectivity index (χ3n) is 11.6. The van der Waals surface area contributed by atoms with Gasteiger partial charge in [-0.15, -0.1) is 0 Å². The molecule has 1 heterocycles. The van der Waals surface area contributed by atoms with Crippen molar-refractivity contribution in [2.24, 2.45) is 0 Å². The van der Waals surface area contributed by atoms with E-state index in [0.29, 0.717) is 0 Å². The van der Waals surface area contributed by atoms with Gasteiger partial charge >= 0.3 is 0 Å². The van der Waals surface area contributed by atoms with Gasteiger partial charge < -0.3 is 0 Å². The Morgan fingerprint density at radius 3 is 1.49 bits per heavy atom. The zero-order chi connectivity index (χ0) is 34.6. The lowest BCUT2D eigenvalue weighted by atomic mass is 9.86. The Kier molecular flexibility index (Phi) is 6.08. The fourth-order valence-corrected chi connectivity index (χ4v) is 10.4. The number of hydrogen-bond acceptors (Lipinski definition) is 1. The second-order valence-corrected chi connectivity index (χ2v) is 15.4. The van der Waals surface area contributed by atoms with Gasteiger partial charge in [-0.25, -0.2) is 0 Å². The Morgan fingerprint density at radius 2 is 0.811 bits per heavy atom. The Hall–Kier alpha value is -6.41. The SMILES string of the molecule is c1ccc2c(-c3ccc4c(c3)-c3cccc5c(-c6c7ccccc7cc7c6ccc6ccccc67)ccc(c35)S4)c3ccc4ccccc4c3cc2c1. The lowest BCUT2D eigenvalue weighted by Gasteiger charge is -2.24. The highest BCUT2D eigenvalue weighted by Crippen LogP contribution is 2.52. The van der Waals surface area contributed by atoms with Crippen molar-refractivity contribution in [3.8, 4) is 33.4 Å². The molecule has 11 aromatic rings. The van der Waals surface area contributed by atoms with Crippen LogP contribution < -0.4 is 0 Å². The van der Waals surface area contributed by atoms with E-state index in [1.54, 1.807) is 0 Å². The van der Waals surface area contributed by atoms with Crippen LogP contribution in [0.4, 0.5) is 0 Å². The molecule has 0 bridgehead atoms. The van der Waals surface area contributed by atoms with Gasteiger partial charge in [-0.1, -0.05) is 163 Å². The molecule has 1 aliphatic heterocycles. The summed E-state index contributed by atoms with van der Waals surface area (Å²) in [5.41, 5.74) is 7.77. The molecule has 0 aromatic heterocycles.